The molecule has 0 bridgehead atoms. The molecule has 0 aliphatic rings. The SMILES string of the molecule is CCOC(=O)C(Cc1ccccn1)N(C(=O)OC(C)(C)C)c1ccc(NC(=O)c2c(-c3ccccc3)cccc2C(F)(F)F)cc1. The Hall–Kier alpha value is -5.19. The monoisotopic (exact) mass is 633 g/mol. The quantitative estimate of drug-likeness (QED) is 0.188. The van der Waals surface area contributed by atoms with Crippen molar-refractivity contribution in [3.63, 3.8) is 0 Å². The maximum Gasteiger partial charge on any atom is 0.417 e. The Morgan fingerprint density at radius 2 is 1.54 bits per heavy atom. The Morgan fingerprint density at radius 3 is 2.13 bits per heavy atom. The van der Waals surface area contributed by atoms with Gasteiger partial charge in [-0.3, -0.25) is 14.7 Å². The Labute approximate surface area is 265 Å². The van der Waals surface area contributed by atoms with Crippen molar-refractivity contribution in [2.24, 2.45) is 0 Å². The molecule has 0 spiro atoms. The van der Waals surface area contributed by atoms with Gasteiger partial charge < -0.3 is 14.8 Å². The van der Waals surface area contributed by atoms with Crippen LogP contribution in [-0.4, -0.2) is 41.2 Å². The molecule has 0 saturated heterocycles. The van der Waals surface area contributed by atoms with Gasteiger partial charge in [-0.15, -0.1) is 0 Å². The number of amides is 2. The van der Waals surface area contributed by atoms with Gasteiger partial charge in [-0.2, -0.15) is 13.2 Å². The Bertz CT molecular complexity index is 1660. The van der Waals surface area contributed by atoms with Crippen LogP contribution in [0.15, 0.2) is 97.2 Å². The number of esters is 1. The van der Waals surface area contributed by atoms with Crippen LogP contribution in [0.2, 0.25) is 0 Å². The first-order valence-electron chi connectivity index (χ1n) is 14.5. The first kappa shape index (κ1) is 33.7. The number of hydrogen-bond acceptors (Lipinski definition) is 6. The van der Waals surface area contributed by atoms with Gasteiger partial charge in [-0.1, -0.05) is 48.5 Å². The molecule has 1 unspecified atom stereocenters. The molecule has 1 heterocycles. The second-order valence-electron chi connectivity index (χ2n) is 11.2. The minimum atomic E-state index is -4.79. The van der Waals surface area contributed by atoms with Crippen LogP contribution in [0.1, 0.15) is 49.3 Å². The molecule has 0 aliphatic heterocycles. The van der Waals surface area contributed by atoms with E-state index in [9.17, 15) is 27.6 Å². The molecule has 0 fully saturated rings. The Kier molecular flexibility index (Phi) is 10.5. The number of alkyl halides is 3. The second-order valence-corrected chi connectivity index (χ2v) is 11.2. The number of nitrogens with one attached hydrogen (secondary N) is 1. The molecule has 1 N–H and O–H groups in total. The zero-order valence-electron chi connectivity index (χ0n) is 25.8. The number of carbonyl (C=O) groups excluding carboxylic acids is 3. The average molecular weight is 634 g/mol. The molecular formula is C35H34F3N3O5. The van der Waals surface area contributed by atoms with E-state index in [0.29, 0.717) is 11.3 Å². The molecule has 2 amide bonds. The summed E-state index contributed by atoms with van der Waals surface area (Å²) in [5.41, 5.74) is -1.05. The van der Waals surface area contributed by atoms with E-state index < -0.39 is 46.9 Å². The summed E-state index contributed by atoms with van der Waals surface area (Å²) in [7, 11) is 0. The molecule has 4 aromatic rings. The summed E-state index contributed by atoms with van der Waals surface area (Å²) < 4.78 is 53.1. The van der Waals surface area contributed by atoms with E-state index in [1.54, 1.807) is 82.4 Å². The highest BCUT2D eigenvalue weighted by molar-refractivity contribution is 6.10. The lowest BCUT2D eigenvalue weighted by Gasteiger charge is -2.32. The molecule has 4 rings (SSSR count). The van der Waals surface area contributed by atoms with E-state index in [2.05, 4.69) is 10.3 Å². The second kappa shape index (κ2) is 14.3. The predicted octanol–water partition coefficient (Wildman–Crippen LogP) is 7.94. The minimum absolute atomic E-state index is 0.00783. The zero-order chi connectivity index (χ0) is 33.5. The van der Waals surface area contributed by atoms with Crippen LogP contribution >= 0.6 is 0 Å². The molecular weight excluding hydrogens is 599 g/mol. The van der Waals surface area contributed by atoms with Crippen molar-refractivity contribution in [1.82, 2.24) is 4.98 Å². The third-order valence-electron chi connectivity index (χ3n) is 6.67. The molecule has 1 atom stereocenters. The van der Waals surface area contributed by atoms with Crippen LogP contribution in [0.25, 0.3) is 11.1 Å². The number of halogens is 3. The summed E-state index contributed by atoms with van der Waals surface area (Å²) >= 11 is 0. The first-order chi connectivity index (χ1) is 21.8. The third kappa shape index (κ3) is 8.50. The molecule has 0 aliphatic carbocycles. The summed E-state index contributed by atoms with van der Waals surface area (Å²) in [6.45, 7) is 6.76. The van der Waals surface area contributed by atoms with Gasteiger partial charge in [0.1, 0.15) is 11.6 Å². The Morgan fingerprint density at radius 1 is 0.870 bits per heavy atom. The smallest absolute Gasteiger partial charge is 0.417 e. The average Bonchev–Trinajstić information content (AvgIpc) is 3.01. The van der Waals surface area contributed by atoms with Gasteiger partial charge in [-0.05, 0) is 81.3 Å². The highest BCUT2D eigenvalue weighted by Gasteiger charge is 2.38. The number of benzene rings is 3. The number of ether oxygens (including phenoxy) is 2. The summed E-state index contributed by atoms with van der Waals surface area (Å²) in [4.78, 5) is 45.7. The highest BCUT2D eigenvalue weighted by atomic mass is 19.4. The number of rotatable bonds is 9. The number of aromatic nitrogens is 1. The summed E-state index contributed by atoms with van der Waals surface area (Å²) in [5, 5.41) is 2.55. The zero-order valence-corrected chi connectivity index (χ0v) is 25.8. The van der Waals surface area contributed by atoms with Crippen molar-refractivity contribution in [3.8, 4) is 11.1 Å². The summed E-state index contributed by atoms with van der Waals surface area (Å²) in [6, 6.07) is 21.7. The molecule has 3 aromatic carbocycles. The van der Waals surface area contributed by atoms with E-state index in [0.717, 1.165) is 11.0 Å². The van der Waals surface area contributed by atoms with E-state index in [1.807, 2.05) is 0 Å². The number of carbonyl (C=O) groups is 3. The fourth-order valence-electron chi connectivity index (χ4n) is 4.75. The molecule has 240 valence electrons. The van der Waals surface area contributed by atoms with Crippen molar-refractivity contribution in [3.05, 3.63) is 114 Å². The first-order valence-corrected chi connectivity index (χ1v) is 14.5. The van der Waals surface area contributed by atoms with Gasteiger partial charge in [0, 0.05) is 29.7 Å². The number of anilines is 2. The van der Waals surface area contributed by atoms with Gasteiger partial charge in [-0.25, -0.2) is 9.59 Å². The molecule has 11 heteroatoms. The predicted molar refractivity (Wildman–Crippen MR) is 168 cm³/mol. The van der Waals surface area contributed by atoms with Crippen LogP contribution in [0.3, 0.4) is 0 Å². The van der Waals surface area contributed by atoms with Crippen molar-refractivity contribution in [1.29, 1.82) is 0 Å². The summed E-state index contributed by atoms with van der Waals surface area (Å²) in [5.74, 6) is -1.66. The molecule has 46 heavy (non-hydrogen) atoms. The van der Waals surface area contributed by atoms with Gasteiger partial charge in [0.05, 0.1) is 17.7 Å². The molecule has 1 aromatic heterocycles. The molecule has 8 nitrogen and oxygen atoms in total. The number of nitrogens with zero attached hydrogens (tertiary/aromatic N) is 2. The minimum Gasteiger partial charge on any atom is -0.464 e. The van der Waals surface area contributed by atoms with Crippen molar-refractivity contribution in [2.45, 2.75) is 51.9 Å². The van der Waals surface area contributed by atoms with Gasteiger partial charge in [0.15, 0.2) is 0 Å². The largest absolute Gasteiger partial charge is 0.464 e. The maximum absolute atomic E-state index is 14.1. The van der Waals surface area contributed by atoms with Gasteiger partial charge in [0.25, 0.3) is 5.91 Å². The lowest BCUT2D eigenvalue weighted by Crippen LogP contribution is -2.49. The van der Waals surface area contributed by atoms with Gasteiger partial charge in [0.2, 0.25) is 0 Å². The van der Waals surface area contributed by atoms with Crippen LogP contribution in [0, 0.1) is 0 Å². The normalized spacial score (nSPS) is 12.2. The number of pyridine rings is 1. The van der Waals surface area contributed by atoms with Crippen LogP contribution < -0.4 is 10.2 Å². The summed E-state index contributed by atoms with van der Waals surface area (Å²) in [6.07, 6.45) is -4.05. The van der Waals surface area contributed by atoms with Crippen molar-refractivity contribution < 1.29 is 37.0 Å². The standard InChI is InChI=1S/C35H34F3N3O5/c1-5-45-32(43)29(22-25-14-9-10-21-39-25)41(33(44)46-34(2,3)4)26-19-17-24(18-20-26)40-31(42)30-27(23-12-7-6-8-13-23)15-11-16-28(30)35(36,37)38/h6-21,29H,5,22H2,1-4H3,(H,40,42). The van der Waals surface area contributed by atoms with Crippen molar-refractivity contribution in [2.75, 3.05) is 16.8 Å². The van der Waals surface area contributed by atoms with E-state index in [-0.39, 0.29) is 30.0 Å². The van der Waals surface area contributed by atoms with Crippen LogP contribution in [-0.2, 0) is 26.9 Å². The van der Waals surface area contributed by atoms with Gasteiger partial charge >= 0.3 is 18.2 Å². The van der Waals surface area contributed by atoms with E-state index in [4.69, 9.17) is 9.47 Å². The van der Waals surface area contributed by atoms with Crippen LogP contribution in [0.5, 0.6) is 0 Å². The molecule has 0 saturated carbocycles. The lowest BCUT2D eigenvalue weighted by atomic mass is 9.94. The maximum atomic E-state index is 14.1. The lowest BCUT2D eigenvalue weighted by molar-refractivity contribution is -0.144. The molecule has 0 radical (unpaired) electrons. The topological polar surface area (TPSA) is 97.8 Å². The number of hydrogen-bond donors (Lipinski definition) is 1. The van der Waals surface area contributed by atoms with E-state index in [1.165, 1.54) is 36.4 Å². The third-order valence-corrected chi connectivity index (χ3v) is 6.67. The van der Waals surface area contributed by atoms with Crippen molar-refractivity contribution >= 4 is 29.3 Å². The fourth-order valence-corrected chi connectivity index (χ4v) is 4.75. The highest BCUT2D eigenvalue weighted by Crippen LogP contribution is 2.37. The van der Waals surface area contributed by atoms with E-state index >= 15 is 0 Å². The van der Waals surface area contributed by atoms with Crippen LogP contribution in [0.4, 0.5) is 29.3 Å². The fraction of sp³-hybridized carbons (Fsp3) is 0.257. The Balaban J connectivity index is 1.71.